The maximum atomic E-state index is 13.2. The third kappa shape index (κ3) is 107. The number of phosphoric acid groups is 2. The zero-order valence-corrected chi connectivity index (χ0v) is 86.9. The number of aliphatic hydroxyl groups is 2. The normalized spacial score (nSPS) is 14.2. The first-order valence-corrected chi connectivity index (χ1v) is 57.4. The van der Waals surface area contributed by atoms with Gasteiger partial charge in [-0.2, -0.15) is 0 Å². The quantitative estimate of drug-likeness (QED) is 0.0146. The van der Waals surface area contributed by atoms with Crippen LogP contribution >= 0.6 is 15.6 Å². The number of esters is 3. The van der Waals surface area contributed by atoms with Crippen LogP contribution in [0.4, 0.5) is 0 Å². The molecule has 0 aliphatic rings. The largest absolute Gasteiger partial charge is 0.472 e. The Morgan fingerprint density at radius 2 is 0.398 bits per heavy atom. The molecule has 0 rings (SSSR count). The van der Waals surface area contributed by atoms with Crippen LogP contribution in [0.2, 0.25) is 0 Å². The minimum absolute atomic E-state index is 0.101. The molecule has 0 saturated carbocycles. The molecule has 18 heteroatoms. The van der Waals surface area contributed by atoms with Gasteiger partial charge in [-0.3, -0.25) is 32.5 Å². The Morgan fingerprint density at radius 3 is 0.632 bits per heavy atom. The third-order valence-corrected chi connectivity index (χ3v) is 25.3. The van der Waals surface area contributed by atoms with Gasteiger partial charge >= 0.3 is 33.6 Å². The third-order valence-electron chi connectivity index (χ3n) is 23.4. The zero-order chi connectivity index (χ0) is 96.4. The molecule has 0 radical (unpaired) electrons. The van der Waals surface area contributed by atoms with Gasteiger partial charge in [-0.1, -0.05) is 473 Å². The average molecular weight is 1900 g/mol. The van der Waals surface area contributed by atoms with E-state index in [1.807, 2.05) is 0 Å². The minimum Gasteiger partial charge on any atom is -0.463 e. The predicted octanol–water partition coefficient (Wildman–Crippen LogP) is 34.9. The van der Waals surface area contributed by atoms with Crippen LogP contribution in [0.5, 0.6) is 0 Å². The van der Waals surface area contributed by atoms with E-state index in [-0.39, 0.29) is 19.3 Å². The number of unbranched alkanes of at least 4 members (excludes halogenated alkanes) is 52. The van der Waals surface area contributed by atoms with Crippen molar-refractivity contribution in [3.05, 3.63) is 170 Å². The Kier molecular flexibility index (Phi) is 102. The summed E-state index contributed by atoms with van der Waals surface area (Å²) in [5.41, 5.74) is 0. The van der Waals surface area contributed by atoms with Gasteiger partial charge in [0.05, 0.1) is 26.4 Å². The SMILES string of the molecule is CC/C=C\C/C=C\C/C=C\C/C=C\C/C=C\C/C=C\CCCCCCCCCCCCCCCCC(=O)OCC(COP(=O)(O)OCC(O)COP(=O)(O)OCC(O)COC(=O)CCCCCCCCCCCCCCCCCCCCC/C=C\C/C=C\C/C=C\C/C=C\CCCCC)OC(=O)CCCCCCCCCCCCCCC/C=C\C/C=C\C/C=C\C/C=C\CCCCC. The predicted molar refractivity (Wildman–Crippen MR) is 565 cm³/mol. The highest BCUT2D eigenvalue weighted by Gasteiger charge is 2.30. The maximum Gasteiger partial charge on any atom is 0.472 e. The molecule has 0 bridgehead atoms. The lowest BCUT2D eigenvalue weighted by molar-refractivity contribution is -0.161. The highest BCUT2D eigenvalue weighted by Crippen LogP contribution is 2.45. The van der Waals surface area contributed by atoms with Crippen LogP contribution in [-0.2, 0) is 55.8 Å². The molecular formula is C115H200O16P2. The molecule has 5 unspecified atom stereocenters. The van der Waals surface area contributed by atoms with Crippen LogP contribution in [0, 0.1) is 0 Å². The van der Waals surface area contributed by atoms with E-state index >= 15 is 0 Å². The molecule has 4 N–H and O–H groups in total. The van der Waals surface area contributed by atoms with Gasteiger partial charge in [0.15, 0.2) is 6.10 Å². The number of carbonyl (C=O) groups is 3. The van der Waals surface area contributed by atoms with Crippen molar-refractivity contribution in [3.8, 4) is 0 Å². The first kappa shape index (κ1) is 128. The number of phosphoric ester groups is 2. The standard InChI is InChI=1S/C115H200O16P2/c1-4-7-10-13-16-19-22-25-28-31-34-37-40-43-46-49-51-53-54-56-58-60-62-65-68-71-74-77-80-83-86-89-92-95-98-101-113(118)125-104-110(116)105-127-132(121,122)128-106-111(117)107-129-133(123,124)130-109-112(131-115(120)103-100-97-94-91-88-85-82-79-76-73-70-67-64-59-48-45-42-39-36-33-30-27-24-21-18-15-12-9-6-3)108-126-114(119)102-99-96-93-90-87-84-81-78-75-72-69-66-63-61-57-55-52-50-47-44-41-38-35-32-29-26-23-20-17-14-11-8-5-2/h8,11,16-21,25-30,34-39,43-48,52,55,110-112,116-117H,4-7,9-10,12-15,22-24,31-33,40-42,49-51,53-54,56-109H2,1-3H3,(H,121,122)(H,123,124)/b11-8-,19-16-,20-17-,21-18-,28-25-,29-26-,30-27-,37-34-,38-35-,39-36-,46-43-,47-44-,48-45-,55-52-. The number of carbonyl (C=O) groups excluding carboxylic acids is 3. The molecule has 0 aromatic rings. The highest BCUT2D eigenvalue weighted by molar-refractivity contribution is 7.47. The van der Waals surface area contributed by atoms with Crippen LogP contribution in [0.1, 0.15) is 483 Å². The molecule has 133 heavy (non-hydrogen) atoms. The minimum atomic E-state index is -4.95. The van der Waals surface area contributed by atoms with Crippen molar-refractivity contribution >= 4 is 33.6 Å². The molecule has 0 saturated heterocycles. The summed E-state index contributed by atoms with van der Waals surface area (Å²) in [4.78, 5) is 59.3. The highest BCUT2D eigenvalue weighted by atomic mass is 31.2. The number of hydrogen-bond donors (Lipinski definition) is 4. The molecule has 0 amide bonds. The van der Waals surface area contributed by atoms with E-state index in [2.05, 4.69) is 191 Å². The van der Waals surface area contributed by atoms with Gasteiger partial charge in [0.25, 0.3) is 0 Å². The summed E-state index contributed by atoms with van der Waals surface area (Å²) in [6.07, 6.45) is 140. The zero-order valence-electron chi connectivity index (χ0n) is 85.1. The molecule has 766 valence electrons. The van der Waals surface area contributed by atoms with Crippen LogP contribution in [-0.4, -0.2) is 95.9 Å². The molecule has 0 aromatic carbocycles. The van der Waals surface area contributed by atoms with E-state index in [0.29, 0.717) is 19.3 Å². The molecule has 0 heterocycles. The Labute approximate surface area is 815 Å². The van der Waals surface area contributed by atoms with Gasteiger partial charge < -0.3 is 34.2 Å². The summed E-state index contributed by atoms with van der Waals surface area (Å²) in [5, 5.41) is 20.8. The van der Waals surface area contributed by atoms with Crippen molar-refractivity contribution in [2.75, 3.05) is 39.6 Å². The van der Waals surface area contributed by atoms with E-state index in [1.165, 1.54) is 270 Å². The summed E-state index contributed by atoms with van der Waals surface area (Å²) in [6.45, 7) is 2.60. The van der Waals surface area contributed by atoms with Crippen molar-refractivity contribution < 1.29 is 75.8 Å². The molecule has 0 fully saturated rings. The van der Waals surface area contributed by atoms with Gasteiger partial charge in [-0.05, 0) is 161 Å². The number of ether oxygens (including phenoxy) is 3. The number of aliphatic hydroxyl groups excluding tert-OH is 2. The topological polar surface area (TPSA) is 231 Å². The van der Waals surface area contributed by atoms with Crippen molar-refractivity contribution in [1.82, 2.24) is 0 Å². The van der Waals surface area contributed by atoms with Gasteiger partial charge in [0.2, 0.25) is 0 Å². The molecule has 0 spiro atoms. The Hall–Kier alpha value is -5.09. The van der Waals surface area contributed by atoms with E-state index < -0.39 is 91.5 Å². The smallest absolute Gasteiger partial charge is 0.463 e. The van der Waals surface area contributed by atoms with Crippen molar-refractivity contribution in [2.45, 2.75) is 501 Å². The van der Waals surface area contributed by atoms with E-state index in [4.69, 9.17) is 32.3 Å². The van der Waals surface area contributed by atoms with Crippen molar-refractivity contribution in [2.24, 2.45) is 0 Å². The Balaban J connectivity index is 4.59. The van der Waals surface area contributed by atoms with Crippen molar-refractivity contribution in [3.63, 3.8) is 0 Å². The number of rotatable bonds is 103. The Bertz CT molecular complexity index is 3100. The van der Waals surface area contributed by atoms with Crippen molar-refractivity contribution in [1.29, 1.82) is 0 Å². The second-order valence-electron chi connectivity index (χ2n) is 36.4. The summed E-state index contributed by atoms with van der Waals surface area (Å²) < 4.78 is 61.8. The van der Waals surface area contributed by atoms with Crippen LogP contribution in [0.3, 0.4) is 0 Å². The Morgan fingerprint density at radius 1 is 0.218 bits per heavy atom. The molecule has 0 aliphatic heterocycles. The first-order chi connectivity index (χ1) is 65.2. The van der Waals surface area contributed by atoms with E-state index in [0.717, 1.165) is 154 Å². The number of hydrogen-bond acceptors (Lipinski definition) is 14. The van der Waals surface area contributed by atoms with Gasteiger partial charge in [-0.25, -0.2) is 9.13 Å². The number of allylic oxidation sites excluding steroid dienone is 28. The lowest BCUT2D eigenvalue weighted by Crippen LogP contribution is -2.30. The molecule has 5 atom stereocenters. The fourth-order valence-corrected chi connectivity index (χ4v) is 16.8. The second-order valence-corrected chi connectivity index (χ2v) is 39.3. The first-order valence-electron chi connectivity index (χ1n) is 54.4. The molecule has 0 aromatic heterocycles. The summed E-state index contributed by atoms with van der Waals surface area (Å²) in [7, 11) is -9.82. The summed E-state index contributed by atoms with van der Waals surface area (Å²) in [5.74, 6) is -1.56. The molecule has 16 nitrogen and oxygen atoms in total. The summed E-state index contributed by atoms with van der Waals surface area (Å²) in [6, 6.07) is 0. The van der Waals surface area contributed by atoms with Crippen LogP contribution < -0.4 is 0 Å². The maximum absolute atomic E-state index is 13.2. The van der Waals surface area contributed by atoms with Crippen LogP contribution in [0.25, 0.3) is 0 Å². The van der Waals surface area contributed by atoms with Crippen LogP contribution in [0.15, 0.2) is 170 Å². The lowest BCUT2D eigenvalue weighted by Gasteiger charge is -2.21. The fourth-order valence-electron chi connectivity index (χ4n) is 15.2. The lowest BCUT2D eigenvalue weighted by atomic mass is 10.0. The average Bonchev–Trinajstić information content (AvgIpc) is 0.895. The van der Waals surface area contributed by atoms with Gasteiger partial charge in [-0.15, -0.1) is 0 Å². The fraction of sp³-hybridized carbons (Fsp3) is 0.730. The summed E-state index contributed by atoms with van der Waals surface area (Å²) >= 11 is 0. The van der Waals surface area contributed by atoms with Gasteiger partial charge in [0, 0.05) is 19.3 Å². The molecular weight excluding hydrogens is 1700 g/mol. The van der Waals surface area contributed by atoms with E-state index in [9.17, 15) is 43.5 Å². The monoisotopic (exact) mass is 1900 g/mol. The van der Waals surface area contributed by atoms with E-state index in [1.54, 1.807) is 0 Å². The second kappa shape index (κ2) is 106. The molecule has 0 aliphatic carbocycles. The van der Waals surface area contributed by atoms with Gasteiger partial charge in [0.1, 0.15) is 25.4 Å².